The van der Waals surface area contributed by atoms with Crippen LogP contribution in [0.15, 0.2) is 33.2 Å². The van der Waals surface area contributed by atoms with Crippen molar-refractivity contribution in [3.63, 3.8) is 0 Å². The van der Waals surface area contributed by atoms with Crippen molar-refractivity contribution in [3.05, 3.63) is 47.2 Å². The largest absolute Gasteiger partial charge is 0.440 e. The smallest absolute Gasteiger partial charge is 0.254 e. The summed E-state index contributed by atoms with van der Waals surface area (Å²) in [5, 5.41) is 3.98. The van der Waals surface area contributed by atoms with Crippen LogP contribution in [0.4, 0.5) is 0 Å². The van der Waals surface area contributed by atoms with Gasteiger partial charge >= 0.3 is 0 Å². The van der Waals surface area contributed by atoms with E-state index >= 15 is 0 Å². The molecule has 2 aliphatic rings. The molecule has 1 aromatic carbocycles. The van der Waals surface area contributed by atoms with Crippen molar-refractivity contribution < 1.29 is 13.7 Å². The van der Waals surface area contributed by atoms with Crippen LogP contribution in [0.25, 0.3) is 11.1 Å². The van der Waals surface area contributed by atoms with Gasteiger partial charge in [-0.2, -0.15) is 0 Å². The standard InChI is InChI=1S/C22H25N3O3/c1-14-12-20(28-24-14)18-8-5-11-25(18)22(26)16-9-10-17-19(13-16)27-21(23-17)15-6-3-2-4-7-15/h9-10,12-13,15,18H,2-8,11H2,1H3. The lowest BCUT2D eigenvalue weighted by molar-refractivity contribution is 0.0714. The number of carbonyl (C=O) groups excluding carboxylic acids is 1. The summed E-state index contributed by atoms with van der Waals surface area (Å²) in [6.07, 6.45) is 7.94. The van der Waals surface area contributed by atoms with E-state index in [-0.39, 0.29) is 11.9 Å². The van der Waals surface area contributed by atoms with Crippen molar-refractivity contribution in [1.82, 2.24) is 15.0 Å². The SMILES string of the molecule is Cc1cc(C2CCCN2C(=O)c2ccc3nc(C4CCCCC4)oc3c2)on1. The molecule has 0 N–H and O–H groups in total. The number of likely N-dealkylation sites (tertiary alicyclic amines) is 1. The first-order valence-corrected chi connectivity index (χ1v) is 10.3. The summed E-state index contributed by atoms with van der Waals surface area (Å²) in [4.78, 5) is 19.8. The van der Waals surface area contributed by atoms with Gasteiger partial charge in [-0.15, -0.1) is 0 Å². The van der Waals surface area contributed by atoms with Crippen molar-refractivity contribution in [2.75, 3.05) is 6.54 Å². The quantitative estimate of drug-likeness (QED) is 0.629. The molecule has 3 heterocycles. The minimum absolute atomic E-state index is 0.00840. The second-order valence-electron chi connectivity index (χ2n) is 8.10. The average Bonchev–Trinajstić information content (AvgIpc) is 3.46. The van der Waals surface area contributed by atoms with E-state index in [1.54, 1.807) is 0 Å². The summed E-state index contributed by atoms with van der Waals surface area (Å²) in [5.74, 6) is 2.02. The normalized spacial score (nSPS) is 20.9. The van der Waals surface area contributed by atoms with Crippen molar-refractivity contribution in [2.24, 2.45) is 0 Å². The number of oxazole rings is 1. The van der Waals surface area contributed by atoms with Crippen molar-refractivity contribution in [3.8, 4) is 0 Å². The van der Waals surface area contributed by atoms with E-state index in [4.69, 9.17) is 8.94 Å². The number of hydrogen-bond acceptors (Lipinski definition) is 5. The Balaban J connectivity index is 1.41. The summed E-state index contributed by atoms with van der Waals surface area (Å²) in [7, 11) is 0. The van der Waals surface area contributed by atoms with Gasteiger partial charge in [-0.3, -0.25) is 4.79 Å². The lowest BCUT2D eigenvalue weighted by atomic mass is 9.89. The molecule has 5 rings (SSSR count). The van der Waals surface area contributed by atoms with Crippen LogP contribution in [0, 0.1) is 6.92 Å². The Morgan fingerprint density at radius 1 is 1.11 bits per heavy atom. The van der Waals surface area contributed by atoms with E-state index in [2.05, 4.69) is 10.1 Å². The predicted octanol–water partition coefficient (Wildman–Crippen LogP) is 5.15. The number of aromatic nitrogens is 2. The first kappa shape index (κ1) is 17.5. The second-order valence-corrected chi connectivity index (χ2v) is 8.10. The predicted molar refractivity (Wildman–Crippen MR) is 104 cm³/mol. The molecule has 1 amide bonds. The zero-order valence-electron chi connectivity index (χ0n) is 16.2. The number of benzene rings is 1. The average molecular weight is 379 g/mol. The number of nitrogens with zero attached hydrogens (tertiary/aromatic N) is 3. The molecule has 0 spiro atoms. The Kier molecular flexibility index (Phi) is 4.41. The molecular formula is C22H25N3O3. The van der Waals surface area contributed by atoms with Gasteiger partial charge in [-0.1, -0.05) is 24.4 Å². The zero-order valence-corrected chi connectivity index (χ0v) is 16.2. The van der Waals surface area contributed by atoms with E-state index in [1.165, 1.54) is 19.3 Å². The van der Waals surface area contributed by atoms with Crippen molar-refractivity contribution >= 4 is 17.0 Å². The van der Waals surface area contributed by atoms with Gasteiger partial charge in [-0.05, 0) is 50.8 Å². The first-order chi connectivity index (χ1) is 13.7. The molecule has 28 heavy (non-hydrogen) atoms. The molecule has 1 atom stereocenters. The Morgan fingerprint density at radius 3 is 2.75 bits per heavy atom. The highest BCUT2D eigenvalue weighted by molar-refractivity contribution is 5.97. The van der Waals surface area contributed by atoms with Gasteiger partial charge in [0.15, 0.2) is 17.2 Å². The van der Waals surface area contributed by atoms with Gasteiger partial charge in [0.25, 0.3) is 5.91 Å². The molecule has 6 heteroatoms. The van der Waals surface area contributed by atoms with Gasteiger partial charge in [-0.25, -0.2) is 4.98 Å². The zero-order chi connectivity index (χ0) is 19.1. The Morgan fingerprint density at radius 2 is 1.96 bits per heavy atom. The monoisotopic (exact) mass is 379 g/mol. The number of rotatable bonds is 3. The third-order valence-electron chi connectivity index (χ3n) is 6.09. The number of amides is 1. The maximum Gasteiger partial charge on any atom is 0.254 e. The number of carbonyl (C=O) groups is 1. The molecule has 1 aliphatic carbocycles. The van der Waals surface area contributed by atoms with Gasteiger partial charge in [0.05, 0.1) is 11.7 Å². The molecule has 1 unspecified atom stereocenters. The maximum absolute atomic E-state index is 13.2. The topological polar surface area (TPSA) is 72.4 Å². The molecule has 1 saturated carbocycles. The van der Waals surface area contributed by atoms with Gasteiger partial charge < -0.3 is 13.8 Å². The van der Waals surface area contributed by atoms with Gasteiger partial charge in [0, 0.05) is 24.1 Å². The van der Waals surface area contributed by atoms with E-state index in [0.717, 1.165) is 55.1 Å². The highest BCUT2D eigenvalue weighted by Gasteiger charge is 2.33. The van der Waals surface area contributed by atoms with Crippen LogP contribution < -0.4 is 0 Å². The molecule has 2 aromatic heterocycles. The van der Waals surface area contributed by atoms with Crippen molar-refractivity contribution in [1.29, 1.82) is 0 Å². The summed E-state index contributed by atoms with van der Waals surface area (Å²) in [6, 6.07) is 7.49. The third-order valence-corrected chi connectivity index (χ3v) is 6.09. The Bertz CT molecular complexity index is 1000. The van der Waals surface area contributed by atoms with E-state index in [1.807, 2.05) is 36.1 Å². The highest BCUT2D eigenvalue weighted by atomic mass is 16.5. The number of hydrogen-bond donors (Lipinski definition) is 0. The molecule has 146 valence electrons. The number of aryl methyl sites for hydroxylation is 1. The lowest BCUT2D eigenvalue weighted by Crippen LogP contribution is -2.30. The summed E-state index contributed by atoms with van der Waals surface area (Å²) in [6.45, 7) is 2.63. The van der Waals surface area contributed by atoms with Crippen LogP contribution in [-0.4, -0.2) is 27.5 Å². The van der Waals surface area contributed by atoms with Crippen LogP contribution in [0.3, 0.4) is 0 Å². The molecular weight excluding hydrogens is 354 g/mol. The minimum atomic E-state index is -0.0445. The minimum Gasteiger partial charge on any atom is -0.440 e. The van der Waals surface area contributed by atoms with E-state index < -0.39 is 0 Å². The Hall–Kier alpha value is -2.63. The number of fused-ring (bicyclic) bond motifs is 1. The summed E-state index contributed by atoms with van der Waals surface area (Å²) < 4.78 is 11.5. The fourth-order valence-electron chi connectivity index (χ4n) is 4.61. The lowest BCUT2D eigenvalue weighted by Gasteiger charge is -2.22. The highest BCUT2D eigenvalue weighted by Crippen LogP contribution is 2.35. The van der Waals surface area contributed by atoms with Crippen LogP contribution in [0.2, 0.25) is 0 Å². The van der Waals surface area contributed by atoms with Crippen LogP contribution >= 0.6 is 0 Å². The third kappa shape index (κ3) is 3.11. The Labute approximate surface area is 163 Å². The van der Waals surface area contributed by atoms with Gasteiger partial charge in [0.2, 0.25) is 0 Å². The summed E-state index contributed by atoms with van der Waals surface area (Å²) >= 11 is 0. The molecule has 0 radical (unpaired) electrons. The molecule has 1 saturated heterocycles. The van der Waals surface area contributed by atoms with Crippen molar-refractivity contribution in [2.45, 2.75) is 63.8 Å². The molecule has 6 nitrogen and oxygen atoms in total. The first-order valence-electron chi connectivity index (χ1n) is 10.3. The molecule has 3 aromatic rings. The second kappa shape index (κ2) is 7.08. The molecule has 1 aliphatic heterocycles. The fourth-order valence-corrected chi connectivity index (χ4v) is 4.61. The maximum atomic E-state index is 13.2. The van der Waals surface area contributed by atoms with E-state index in [0.29, 0.717) is 17.1 Å². The van der Waals surface area contributed by atoms with Gasteiger partial charge in [0.1, 0.15) is 5.52 Å². The summed E-state index contributed by atoms with van der Waals surface area (Å²) in [5.41, 5.74) is 3.02. The van der Waals surface area contributed by atoms with E-state index in [9.17, 15) is 4.79 Å². The van der Waals surface area contributed by atoms with Crippen LogP contribution in [0.5, 0.6) is 0 Å². The molecule has 0 bridgehead atoms. The molecule has 2 fully saturated rings. The van der Waals surface area contributed by atoms with Crippen LogP contribution in [0.1, 0.15) is 84.6 Å². The van der Waals surface area contributed by atoms with Crippen LogP contribution in [-0.2, 0) is 0 Å². The fraction of sp³-hybridized carbons (Fsp3) is 0.500.